The molecule has 6 heteroatoms. The molecule has 0 fully saturated rings. The Morgan fingerprint density at radius 2 is 1.68 bits per heavy atom. The van der Waals surface area contributed by atoms with E-state index in [4.69, 9.17) is 9.47 Å². The predicted molar refractivity (Wildman–Crippen MR) is 105 cm³/mol. The first-order valence-electron chi connectivity index (χ1n) is 9.54. The molecule has 0 saturated heterocycles. The maximum Gasteiger partial charge on any atom is 0.407 e. The maximum absolute atomic E-state index is 12.2. The SMILES string of the molecule is CCCCOC[C@H](NC(=O)OCC1c2ccccc2-c2ccccc21)C(=O)O. The summed E-state index contributed by atoms with van der Waals surface area (Å²) >= 11 is 0. The van der Waals surface area contributed by atoms with Crippen LogP contribution in [0.25, 0.3) is 11.1 Å². The van der Waals surface area contributed by atoms with E-state index < -0.39 is 18.1 Å². The molecule has 1 aliphatic carbocycles. The molecule has 0 aromatic heterocycles. The van der Waals surface area contributed by atoms with Gasteiger partial charge in [0.15, 0.2) is 6.04 Å². The van der Waals surface area contributed by atoms with Crippen LogP contribution in [-0.2, 0) is 14.3 Å². The van der Waals surface area contributed by atoms with Gasteiger partial charge in [0.25, 0.3) is 0 Å². The van der Waals surface area contributed by atoms with E-state index in [1.54, 1.807) is 0 Å². The summed E-state index contributed by atoms with van der Waals surface area (Å²) < 4.78 is 10.7. The van der Waals surface area contributed by atoms with Crippen LogP contribution in [0.15, 0.2) is 48.5 Å². The van der Waals surface area contributed by atoms with Crippen LogP contribution in [0.5, 0.6) is 0 Å². The zero-order valence-electron chi connectivity index (χ0n) is 15.9. The molecule has 2 aromatic rings. The highest BCUT2D eigenvalue weighted by Crippen LogP contribution is 2.44. The zero-order valence-corrected chi connectivity index (χ0v) is 15.9. The van der Waals surface area contributed by atoms with Crippen molar-refractivity contribution >= 4 is 12.1 Å². The van der Waals surface area contributed by atoms with Gasteiger partial charge in [0, 0.05) is 12.5 Å². The first kappa shape index (κ1) is 19.9. The predicted octanol–water partition coefficient (Wildman–Crippen LogP) is 3.80. The molecule has 0 bridgehead atoms. The molecule has 28 heavy (non-hydrogen) atoms. The minimum atomic E-state index is -1.15. The lowest BCUT2D eigenvalue weighted by Gasteiger charge is -2.17. The number of alkyl carbamates (subject to hydrolysis) is 1. The van der Waals surface area contributed by atoms with Crippen molar-refractivity contribution in [2.75, 3.05) is 19.8 Å². The monoisotopic (exact) mass is 383 g/mol. The van der Waals surface area contributed by atoms with E-state index in [0.717, 1.165) is 35.1 Å². The molecule has 0 aliphatic heterocycles. The van der Waals surface area contributed by atoms with Crippen molar-refractivity contribution in [2.24, 2.45) is 0 Å². The number of hydrogen-bond acceptors (Lipinski definition) is 4. The van der Waals surface area contributed by atoms with Crippen molar-refractivity contribution in [3.8, 4) is 11.1 Å². The summed E-state index contributed by atoms with van der Waals surface area (Å²) in [6.45, 7) is 2.54. The lowest BCUT2D eigenvalue weighted by atomic mass is 9.98. The Bertz CT molecular complexity index is 790. The van der Waals surface area contributed by atoms with Gasteiger partial charge in [-0.3, -0.25) is 0 Å². The van der Waals surface area contributed by atoms with Crippen molar-refractivity contribution in [2.45, 2.75) is 31.7 Å². The third kappa shape index (κ3) is 4.51. The number of aliphatic carboxylic acids is 1. The van der Waals surface area contributed by atoms with Crippen LogP contribution in [0, 0.1) is 0 Å². The highest BCUT2D eigenvalue weighted by atomic mass is 16.5. The highest BCUT2D eigenvalue weighted by molar-refractivity contribution is 5.81. The van der Waals surface area contributed by atoms with Crippen LogP contribution in [0.1, 0.15) is 36.8 Å². The summed E-state index contributed by atoms with van der Waals surface area (Å²) in [5.74, 6) is -1.22. The molecule has 2 aromatic carbocycles. The van der Waals surface area contributed by atoms with Crippen LogP contribution in [0.2, 0.25) is 0 Å². The molecule has 1 amide bonds. The van der Waals surface area contributed by atoms with E-state index in [1.807, 2.05) is 43.3 Å². The first-order chi connectivity index (χ1) is 13.6. The molecule has 2 N–H and O–H groups in total. The summed E-state index contributed by atoms with van der Waals surface area (Å²) in [5, 5.41) is 11.6. The minimum Gasteiger partial charge on any atom is -0.480 e. The number of benzene rings is 2. The van der Waals surface area contributed by atoms with Gasteiger partial charge in [0.05, 0.1) is 6.61 Å². The number of amides is 1. The number of carboxylic acid groups (broad SMARTS) is 1. The third-order valence-corrected chi connectivity index (χ3v) is 4.86. The first-order valence-corrected chi connectivity index (χ1v) is 9.54. The number of ether oxygens (including phenoxy) is 2. The normalized spacial score (nSPS) is 13.5. The summed E-state index contributed by atoms with van der Waals surface area (Å²) in [7, 11) is 0. The van der Waals surface area contributed by atoms with Gasteiger partial charge in [0.2, 0.25) is 0 Å². The second-order valence-corrected chi connectivity index (χ2v) is 6.79. The second kappa shape index (κ2) is 9.37. The molecule has 3 rings (SSSR count). The van der Waals surface area contributed by atoms with E-state index in [-0.39, 0.29) is 19.1 Å². The van der Waals surface area contributed by atoms with E-state index >= 15 is 0 Å². The number of carbonyl (C=O) groups excluding carboxylic acids is 1. The van der Waals surface area contributed by atoms with Crippen molar-refractivity contribution in [1.82, 2.24) is 5.32 Å². The smallest absolute Gasteiger partial charge is 0.407 e. The largest absolute Gasteiger partial charge is 0.480 e. The standard InChI is InChI=1S/C22H25NO5/c1-2-3-12-27-14-20(21(24)25)23-22(26)28-13-19-17-10-6-4-8-15(17)16-9-5-7-11-18(16)19/h4-11,19-20H,2-3,12-14H2,1H3,(H,23,26)(H,24,25)/t20-/m0/s1. The van der Waals surface area contributed by atoms with E-state index in [9.17, 15) is 14.7 Å². The molecule has 0 unspecified atom stereocenters. The number of nitrogens with one attached hydrogen (secondary N) is 1. The third-order valence-electron chi connectivity index (χ3n) is 4.86. The summed E-state index contributed by atoms with van der Waals surface area (Å²) in [5.41, 5.74) is 4.49. The molecule has 0 saturated carbocycles. The van der Waals surface area contributed by atoms with Crippen LogP contribution >= 0.6 is 0 Å². The number of carbonyl (C=O) groups is 2. The van der Waals surface area contributed by atoms with Crippen molar-refractivity contribution in [1.29, 1.82) is 0 Å². The van der Waals surface area contributed by atoms with Gasteiger partial charge >= 0.3 is 12.1 Å². The summed E-state index contributed by atoms with van der Waals surface area (Å²) in [6, 6.07) is 14.9. The number of carboxylic acids is 1. The number of rotatable bonds is 9. The topological polar surface area (TPSA) is 84.9 Å². The van der Waals surface area contributed by atoms with Crippen molar-refractivity contribution in [3.05, 3.63) is 59.7 Å². The van der Waals surface area contributed by atoms with Crippen LogP contribution in [0.3, 0.4) is 0 Å². The number of unbranched alkanes of at least 4 members (excludes halogenated alkanes) is 1. The lowest BCUT2D eigenvalue weighted by molar-refractivity contribution is -0.141. The van der Waals surface area contributed by atoms with Crippen LogP contribution < -0.4 is 5.32 Å². The van der Waals surface area contributed by atoms with Gasteiger partial charge < -0.3 is 19.9 Å². The fourth-order valence-corrected chi connectivity index (χ4v) is 3.40. The van der Waals surface area contributed by atoms with E-state index in [1.165, 1.54) is 0 Å². The Labute approximate surface area is 164 Å². The Kier molecular flexibility index (Phi) is 6.66. The number of hydrogen-bond donors (Lipinski definition) is 2. The van der Waals surface area contributed by atoms with Gasteiger partial charge in [-0.2, -0.15) is 0 Å². The van der Waals surface area contributed by atoms with Gasteiger partial charge in [-0.15, -0.1) is 0 Å². The molecule has 0 heterocycles. The minimum absolute atomic E-state index is 0.0674. The lowest BCUT2D eigenvalue weighted by Crippen LogP contribution is -2.44. The van der Waals surface area contributed by atoms with Gasteiger partial charge in [-0.05, 0) is 28.7 Å². The van der Waals surface area contributed by atoms with Crippen LogP contribution in [-0.4, -0.2) is 43.0 Å². The van der Waals surface area contributed by atoms with Gasteiger partial charge in [-0.1, -0.05) is 61.9 Å². The number of fused-ring (bicyclic) bond motifs is 3. The van der Waals surface area contributed by atoms with Gasteiger partial charge in [0.1, 0.15) is 6.61 Å². The molecular weight excluding hydrogens is 358 g/mol. The molecular formula is C22H25NO5. The Balaban J connectivity index is 1.60. The van der Waals surface area contributed by atoms with Crippen molar-refractivity contribution < 1.29 is 24.2 Å². The summed E-state index contributed by atoms with van der Waals surface area (Å²) in [6.07, 6.45) is 1.04. The van der Waals surface area contributed by atoms with Crippen LogP contribution in [0.4, 0.5) is 4.79 Å². The average Bonchev–Trinajstić information content (AvgIpc) is 3.02. The zero-order chi connectivity index (χ0) is 19.9. The molecule has 1 aliphatic rings. The quantitative estimate of drug-likeness (QED) is 0.644. The van der Waals surface area contributed by atoms with E-state index in [2.05, 4.69) is 17.4 Å². The molecule has 148 valence electrons. The maximum atomic E-state index is 12.2. The highest BCUT2D eigenvalue weighted by Gasteiger charge is 2.29. The second-order valence-electron chi connectivity index (χ2n) is 6.79. The Hall–Kier alpha value is -2.86. The molecule has 1 atom stereocenters. The fourth-order valence-electron chi connectivity index (χ4n) is 3.40. The molecule has 0 spiro atoms. The van der Waals surface area contributed by atoms with Crippen molar-refractivity contribution in [3.63, 3.8) is 0 Å². The Morgan fingerprint density at radius 1 is 1.07 bits per heavy atom. The molecule has 6 nitrogen and oxygen atoms in total. The van der Waals surface area contributed by atoms with E-state index in [0.29, 0.717) is 6.61 Å². The molecule has 0 radical (unpaired) electrons. The van der Waals surface area contributed by atoms with Gasteiger partial charge in [-0.25, -0.2) is 9.59 Å². The Morgan fingerprint density at radius 3 is 2.25 bits per heavy atom. The summed E-state index contributed by atoms with van der Waals surface area (Å²) in [4.78, 5) is 23.5. The average molecular weight is 383 g/mol. The fraction of sp³-hybridized carbons (Fsp3) is 0.364.